The molecule has 0 aliphatic rings. The average molecular weight is 226 g/mol. The van der Waals surface area contributed by atoms with Crippen LogP contribution in [0.4, 0.5) is 0 Å². The molecule has 0 aliphatic carbocycles. The van der Waals surface area contributed by atoms with Gasteiger partial charge in [-0.25, -0.2) is 0 Å². The van der Waals surface area contributed by atoms with Crippen molar-refractivity contribution in [1.29, 1.82) is 0 Å². The number of aliphatic hydroxyl groups is 1. The van der Waals surface area contributed by atoms with E-state index in [1.54, 1.807) is 0 Å². The van der Waals surface area contributed by atoms with Gasteiger partial charge in [-0.2, -0.15) is 0 Å². The molecule has 1 unspecified atom stereocenters. The molecule has 0 aromatic heterocycles. The first-order chi connectivity index (χ1) is 7.85. The Morgan fingerprint density at radius 1 is 0.875 bits per heavy atom. The zero-order valence-electron chi connectivity index (χ0n) is 11.3. The zero-order chi connectivity index (χ0) is 12.1. The van der Waals surface area contributed by atoms with Gasteiger partial charge in [-0.05, 0) is 25.2 Å². The first-order valence-corrected chi connectivity index (χ1v) is 7.11. The van der Waals surface area contributed by atoms with E-state index < -0.39 is 0 Å². The predicted molar refractivity (Wildman–Crippen MR) is 72.6 cm³/mol. The summed E-state index contributed by atoms with van der Waals surface area (Å²) in [5.41, 5.74) is 0. The van der Waals surface area contributed by atoms with Crippen LogP contribution in [0.5, 0.6) is 0 Å². The van der Waals surface area contributed by atoms with E-state index in [0.717, 1.165) is 12.3 Å². The molecule has 0 saturated heterocycles. The lowest BCUT2D eigenvalue weighted by Gasteiger charge is -2.14. The van der Waals surface area contributed by atoms with Crippen LogP contribution in [0.15, 0.2) is 12.2 Å². The third-order valence-corrected chi connectivity index (χ3v) is 3.11. The molecule has 16 heavy (non-hydrogen) atoms. The van der Waals surface area contributed by atoms with Crippen LogP contribution >= 0.6 is 0 Å². The van der Waals surface area contributed by atoms with Crippen LogP contribution in [0.2, 0.25) is 0 Å². The number of allylic oxidation sites excluding steroid dienone is 1. The highest BCUT2D eigenvalue weighted by atomic mass is 16.2. The summed E-state index contributed by atoms with van der Waals surface area (Å²) in [5.74, 6) is 0.955. The summed E-state index contributed by atoms with van der Waals surface area (Å²) in [6, 6.07) is 0. The second-order valence-electron chi connectivity index (χ2n) is 4.71. The monoisotopic (exact) mass is 226 g/mol. The van der Waals surface area contributed by atoms with E-state index in [1.807, 2.05) is 0 Å². The minimum Gasteiger partial charge on any atom is -0.396 e. The van der Waals surface area contributed by atoms with Gasteiger partial charge in [0.2, 0.25) is 0 Å². The molecule has 1 atom stereocenters. The van der Waals surface area contributed by atoms with Gasteiger partial charge < -0.3 is 5.11 Å². The number of rotatable bonds is 11. The third-order valence-electron chi connectivity index (χ3n) is 3.11. The molecule has 1 heteroatoms. The predicted octanol–water partition coefficient (Wildman–Crippen LogP) is 4.70. The Kier molecular flexibility index (Phi) is 12.5. The molecule has 0 bridgehead atoms. The maximum absolute atomic E-state index is 8.63. The lowest BCUT2D eigenvalue weighted by molar-refractivity contribution is 0.302. The van der Waals surface area contributed by atoms with Gasteiger partial charge in [0.15, 0.2) is 0 Å². The zero-order valence-corrected chi connectivity index (χ0v) is 11.3. The van der Waals surface area contributed by atoms with Crippen molar-refractivity contribution < 1.29 is 5.11 Å². The molecule has 1 nitrogen and oxygen atoms in total. The molecule has 0 heterocycles. The molecule has 0 fully saturated rings. The summed E-state index contributed by atoms with van der Waals surface area (Å²) < 4.78 is 0. The maximum atomic E-state index is 8.63. The molecule has 96 valence electrons. The standard InChI is InChI=1S/C15H30O/c1-3-5-12-15(11-4-2)13-9-7-6-8-10-14-16/h6,8,15-16H,3-5,7,9-14H2,1-2H3/b8-6+. The second kappa shape index (κ2) is 12.8. The van der Waals surface area contributed by atoms with Gasteiger partial charge in [-0.1, -0.05) is 64.5 Å². The molecule has 1 N–H and O–H groups in total. The molecule has 0 amide bonds. The van der Waals surface area contributed by atoms with Crippen LogP contribution in [0, 0.1) is 5.92 Å². The van der Waals surface area contributed by atoms with E-state index >= 15 is 0 Å². The SMILES string of the molecule is CCCCC(CCC)CCC/C=C/CCO. The van der Waals surface area contributed by atoms with Gasteiger partial charge in [0.1, 0.15) is 0 Å². The topological polar surface area (TPSA) is 20.2 Å². The molecule has 0 spiro atoms. The van der Waals surface area contributed by atoms with Crippen molar-refractivity contribution in [2.45, 2.75) is 71.6 Å². The average Bonchev–Trinajstić information content (AvgIpc) is 2.30. The van der Waals surface area contributed by atoms with Gasteiger partial charge >= 0.3 is 0 Å². The largest absolute Gasteiger partial charge is 0.396 e. The fraction of sp³-hybridized carbons (Fsp3) is 0.867. The van der Waals surface area contributed by atoms with Gasteiger partial charge in [0.25, 0.3) is 0 Å². The van der Waals surface area contributed by atoms with Crippen LogP contribution in [-0.4, -0.2) is 11.7 Å². The van der Waals surface area contributed by atoms with Crippen molar-refractivity contribution in [3.63, 3.8) is 0 Å². The molecule has 0 aromatic carbocycles. The fourth-order valence-electron chi connectivity index (χ4n) is 2.17. The summed E-state index contributed by atoms with van der Waals surface area (Å²) in [6.45, 7) is 4.85. The quantitative estimate of drug-likeness (QED) is 0.400. The maximum Gasteiger partial charge on any atom is 0.0465 e. The van der Waals surface area contributed by atoms with Gasteiger partial charge in [-0.3, -0.25) is 0 Å². The van der Waals surface area contributed by atoms with Crippen molar-refractivity contribution in [3.8, 4) is 0 Å². The lowest BCUT2D eigenvalue weighted by Crippen LogP contribution is -1.99. The Balaban J connectivity index is 3.50. The summed E-state index contributed by atoms with van der Waals surface area (Å²) in [5, 5.41) is 8.63. The molecule has 0 aliphatic heterocycles. The van der Waals surface area contributed by atoms with Crippen molar-refractivity contribution in [2.75, 3.05) is 6.61 Å². The van der Waals surface area contributed by atoms with E-state index in [2.05, 4.69) is 26.0 Å². The Morgan fingerprint density at radius 2 is 1.56 bits per heavy atom. The molecule has 0 aromatic rings. The van der Waals surface area contributed by atoms with E-state index in [0.29, 0.717) is 0 Å². The van der Waals surface area contributed by atoms with E-state index in [4.69, 9.17) is 5.11 Å². The first kappa shape index (κ1) is 15.7. The number of hydrogen-bond donors (Lipinski definition) is 1. The normalized spacial score (nSPS) is 13.4. The Hall–Kier alpha value is -0.300. The molecular weight excluding hydrogens is 196 g/mol. The summed E-state index contributed by atoms with van der Waals surface area (Å²) in [4.78, 5) is 0. The second-order valence-corrected chi connectivity index (χ2v) is 4.71. The van der Waals surface area contributed by atoms with Crippen LogP contribution in [-0.2, 0) is 0 Å². The summed E-state index contributed by atoms with van der Waals surface area (Å²) in [6.07, 6.45) is 15.9. The highest BCUT2D eigenvalue weighted by Gasteiger charge is 2.05. The van der Waals surface area contributed by atoms with Crippen LogP contribution < -0.4 is 0 Å². The number of hydrogen-bond acceptors (Lipinski definition) is 1. The van der Waals surface area contributed by atoms with Gasteiger partial charge in [-0.15, -0.1) is 0 Å². The van der Waals surface area contributed by atoms with Crippen molar-refractivity contribution in [1.82, 2.24) is 0 Å². The van der Waals surface area contributed by atoms with Crippen LogP contribution in [0.3, 0.4) is 0 Å². The minimum atomic E-state index is 0.283. The lowest BCUT2D eigenvalue weighted by atomic mass is 9.92. The Bertz CT molecular complexity index is 152. The van der Waals surface area contributed by atoms with Crippen LogP contribution in [0.1, 0.15) is 71.6 Å². The van der Waals surface area contributed by atoms with Crippen LogP contribution in [0.25, 0.3) is 0 Å². The highest BCUT2D eigenvalue weighted by Crippen LogP contribution is 2.21. The highest BCUT2D eigenvalue weighted by molar-refractivity contribution is 4.81. The number of unbranched alkanes of at least 4 members (excludes halogenated alkanes) is 2. The fourth-order valence-corrected chi connectivity index (χ4v) is 2.17. The van der Waals surface area contributed by atoms with E-state index in [9.17, 15) is 0 Å². The third kappa shape index (κ3) is 10.2. The van der Waals surface area contributed by atoms with E-state index in [-0.39, 0.29) is 6.61 Å². The minimum absolute atomic E-state index is 0.283. The summed E-state index contributed by atoms with van der Waals surface area (Å²) >= 11 is 0. The van der Waals surface area contributed by atoms with E-state index in [1.165, 1.54) is 51.4 Å². The van der Waals surface area contributed by atoms with Crippen molar-refractivity contribution in [3.05, 3.63) is 12.2 Å². The molecular formula is C15H30O. The molecule has 0 saturated carbocycles. The molecule has 0 rings (SSSR count). The van der Waals surface area contributed by atoms with Gasteiger partial charge in [0.05, 0.1) is 0 Å². The molecule has 0 radical (unpaired) electrons. The summed E-state index contributed by atoms with van der Waals surface area (Å²) in [7, 11) is 0. The Labute approximate surface area is 102 Å². The van der Waals surface area contributed by atoms with Crippen molar-refractivity contribution in [2.24, 2.45) is 5.92 Å². The Morgan fingerprint density at radius 3 is 2.19 bits per heavy atom. The number of aliphatic hydroxyl groups excluding tert-OH is 1. The smallest absolute Gasteiger partial charge is 0.0465 e. The van der Waals surface area contributed by atoms with Gasteiger partial charge in [0, 0.05) is 6.61 Å². The first-order valence-electron chi connectivity index (χ1n) is 7.11. The van der Waals surface area contributed by atoms with Crippen molar-refractivity contribution >= 4 is 0 Å².